The Morgan fingerprint density at radius 3 is 2.50 bits per heavy atom. The number of carbonyl (C=O) groups excluding carboxylic acids is 1. The summed E-state index contributed by atoms with van der Waals surface area (Å²) < 4.78 is 2.58. The molecule has 0 atom stereocenters. The number of carbonyl (C=O) groups is 1. The summed E-state index contributed by atoms with van der Waals surface area (Å²) in [6, 6.07) is 17.1. The second-order valence-electron chi connectivity index (χ2n) is 6.12. The third-order valence-electron chi connectivity index (χ3n) is 4.07. The van der Waals surface area contributed by atoms with E-state index in [1.165, 1.54) is 36.0 Å². The number of rotatable bonds is 6. The average Bonchev–Trinajstić information content (AvgIpc) is 3.15. The van der Waals surface area contributed by atoms with Crippen LogP contribution in [0.2, 0.25) is 0 Å². The number of nitro groups is 1. The van der Waals surface area contributed by atoms with Gasteiger partial charge in [0.25, 0.3) is 5.69 Å². The second kappa shape index (κ2) is 8.59. The molecule has 0 fully saturated rings. The van der Waals surface area contributed by atoms with Crippen molar-refractivity contribution < 1.29 is 9.72 Å². The number of nitrogens with one attached hydrogen (secondary N) is 1. The maximum Gasteiger partial charge on any atom is 0.269 e. The molecular formula is C19H13BrN6O3S. The number of anilines is 1. The monoisotopic (exact) mass is 484 g/mol. The normalized spacial score (nSPS) is 10.8. The highest BCUT2D eigenvalue weighted by molar-refractivity contribution is 9.10. The van der Waals surface area contributed by atoms with Crippen LogP contribution in [0.5, 0.6) is 0 Å². The van der Waals surface area contributed by atoms with E-state index in [9.17, 15) is 14.9 Å². The topological polar surface area (TPSA) is 115 Å². The highest BCUT2D eigenvalue weighted by Crippen LogP contribution is 2.23. The molecule has 0 saturated carbocycles. The van der Waals surface area contributed by atoms with Gasteiger partial charge in [0.15, 0.2) is 5.65 Å². The first-order chi connectivity index (χ1) is 14.5. The van der Waals surface area contributed by atoms with Gasteiger partial charge in [-0.1, -0.05) is 39.8 Å². The Morgan fingerprint density at radius 2 is 1.80 bits per heavy atom. The third kappa shape index (κ3) is 4.47. The fourth-order valence-electron chi connectivity index (χ4n) is 2.63. The predicted octanol–water partition coefficient (Wildman–Crippen LogP) is 4.19. The summed E-state index contributed by atoms with van der Waals surface area (Å²) in [5.74, 6) is -0.184. The molecule has 30 heavy (non-hydrogen) atoms. The van der Waals surface area contributed by atoms with Crippen molar-refractivity contribution in [2.24, 2.45) is 0 Å². The molecule has 0 aliphatic heterocycles. The SMILES string of the molecule is O=C(CSc1nnc2ccc(-c3ccc(Br)cc3)nn12)Nc1ccc([N+](=O)[O-])cc1. The van der Waals surface area contributed by atoms with Crippen molar-refractivity contribution >= 4 is 50.6 Å². The molecule has 0 aliphatic carbocycles. The second-order valence-corrected chi connectivity index (χ2v) is 7.98. The van der Waals surface area contributed by atoms with E-state index in [4.69, 9.17) is 0 Å². The fourth-order valence-corrected chi connectivity index (χ4v) is 3.58. The summed E-state index contributed by atoms with van der Waals surface area (Å²) in [7, 11) is 0. The van der Waals surface area contributed by atoms with Gasteiger partial charge in [0.1, 0.15) is 0 Å². The van der Waals surface area contributed by atoms with Crippen molar-refractivity contribution in [1.82, 2.24) is 19.8 Å². The molecule has 4 aromatic rings. The Kier molecular flexibility index (Phi) is 5.72. The van der Waals surface area contributed by atoms with Crippen LogP contribution >= 0.6 is 27.7 Å². The van der Waals surface area contributed by atoms with Crippen LogP contribution in [0.3, 0.4) is 0 Å². The lowest BCUT2D eigenvalue weighted by molar-refractivity contribution is -0.384. The Bertz CT molecular complexity index is 1230. The number of nitrogens with zero attached hydrogens (tertiary/aromatic N) is 5. The molecule has 2 aromatic carbocycles. The predicted molar refractivity (Wildman–Crippen MR) is 116 cm³/mol. The summed E-state index contributed by atoms with van der Waals surface area (Å²) >= 11 is 4.61. The number of hydrogen-bond donors (Lipinski definition) is 1. The molecule has 1 N–H and O–H groups in total. The van der Waals surface area contributed by atoms with Crippen molar-refractivity contribution in [2.45, 2.75) is 5.16 Å². The van der Waals surface area contributed by atoms with Crippen LogP contribution in [-0.2, 0) is 4.79 Å². The molecule has 0 saturated heterocycles. The first-order valence-corrected chi connectivity index (χ1v) is 10.4. The quantitative estimate of drug-likeness (QED) is 0.247. The molecule has 150 valence electrons. The summed E-state index contributed by atoms with van der Waals surface area (Å²) in [6.07, 6.45) is 0. The van der Waals surface area contributed by atoms with Crippen LogP contribution in [0.25, 0.3) is 16.9 Å². The van der Waals surface area contributed by atoms with Crippen LogP contribution in [-0.4, -0.2) is 36.4 Å². The summed E-state index contributed by atoms with van der Waals surface area (Å²) in [6.45, 7) is 0. The zero-order valence-electron chi connectivity index (χ0n) is 15.2. The Hall–Kier alpha value is -3.31. The van der Waals surface area contributed by atoms with Gasteiger partial charge in [-0.15, -0.1) is 10.2 Å². The molecule has 11 heteroatoms. The zero-order chi connectivity index (χ0) is 21.1. The van der Waals surface area contributed by atoms with E-state index in [-0.39, 0.29) is 17.3 Å². The van der Waals surface area contributed by atoms with E-state index in [0.717, 1.165) is 15.7 Å². The minimum Gasteiger partial charge on any atom is -0.325 e. The lowest BCUT2D eigenvalue weighted by Crippen LogP contribution is -2.14. The standard InChI is InChI=1S/C19H13BrN6O3S/c20-13-3-1-12(2-4-13)16-9-10-17-22-23-19(25(17)24-16)30-11-18(27)21-14-5-7-15(8-6-14)26(28)29/h1-10H,11H2,(H,21,27). The maximum absolute atomic E-state index is 12.2. The fraction of sp³-hybridized carbons (Fsp3) is 0.0526. The number of aromatic nitrogens is 4. The molecule has 0 unspecified atom stereocenters. The molecular weight excluding hydrogens is 472 g/mol. The molecule has 2 aromatic heterocycles. The number of nitro benzene ring substituents is 1. The largest absolute Gasteiger partial charge is 0.325 e. The van der Waals surface area contributed by atoms with Crippen LogP contribution in [0.4, 0.5) is 11.4 Å². The molecule has 4 rings (SSSR count). The van der Waals surface area contributed by atoms with E-state index >= 15 is 0 Å². The Labute approximate surface area is 182 Å². The van der Waals surface area contributed by atoms with Gasteiger partial charge in [-0.25, -0.2) is 0 Å². The van der Waals surface area contributed by atoms with Crippen LogP contribution in [0.15, 0.2) is 70.3 Å². The van der Waals surface area contributed by atoms with Crippen molar-refractivity contribution in [1.29, 1.82) is 0 Å². The summed E-state index contributed by atoms with van der Waals surface area (Å²) in [5.41, 5.74) is 2.72. The summed E-state index contributed by atoms with van der Waals surface area (Å²) in [5, 5.41) is 26.7. The highest BCUT2D eigenvalue weighted by Gasteiger charge is 2.12. The van der Waals surface area contributed by atoms with E-state index in [0.29, 0.717) is 16.5 Å². The van der Waals surface area contributed by atoms with E-state index in [1.807, 2.05) is 36.4 Å². The van der Waals surface area contributed by atoms with Gasteiger partial charge in [-0.05, 0) is 36.4 Å². The van der Waals surface area contributed by atoms with E-state index in [2.05, 4.69) is 36.5 Å². The minimum absolute atomic E-state index is 0.0371. The first kappa shape index (κ1) is 20.0. The number of hydrogen-bond acceptors (Lipinski definition) is 7. The number of fused-ring (bicyclic) bond motifs is 1. The van der Waals surface area contributed by atoms with E-state index in [1.54, 1.807) is 4.52 Å². The Balaban J connectivity index is 1.45. The molecule has 9 nitrogen and oxygen atoms in total. The van der Waals surface area contributed by atoms with Gasteiger partial charge in [0, 0.05) is 27.9 Å². The Morgan fingerprint density at radius 1 is 1.07 bits per heavy atom. The molecule has 0 spiro atoms. The van der Waals surface area contributed by atoms with Gasteiger partial charge in [-0.2, -0.15) is 9.61 Å². The molecule has 0 radical (unpaired) electrons. The van der Waals surface area contributed by atoms with Gasteiger partial charge in [0.05, 0.1) is 16.4 Å². The van der Waals surface area contributed by atoms with Crippen molar-refractivity contribution in [3.05, 3.63) is 75.3 Å². The maximum atomic E-state index is 12.2. The number of thioether (sulfide) groups is 1. The first-order valence-electron chi connectivity index (χ1n) is 8.65. The van der Waals surface area contributed by atoms with Crippen LogP contribution in [0.1, 0.15) is 0 Å². The molecule has 0 bridgehead atoms. The number of benzene rings is 2. The van der Waals surface area contributed by atoms with Gasteiger partial charge < -0.3 is 5.32 Å². The molecule has 0 aliphatic rings. The third-order valence-corrected chi connectivity index (χ3v) is 5.52. The smallest absolute Gasteiger partial charge is 0.269 e. The van der Waals surface area contributed by atoms with Gasteiger partial charge >= 0.3 is 0 Å². The van der Waals surface area contributed by atoms with Crippen LogP contribution in [0, 0.1) is 10.1 Å². The molecule has 1 amide bonds. The van der Waals surface area contributed by atoms with E-state index < -0.39 is 4.92 Å². The highest BCUT2D eigenvalue weighted by atomic mass is 79.9. The van der Waals surface area contributed by atoms with Crippen LogP contribution < -0.4 is 5.32 Å². The van der Waals surface area contributed by atoms with Gasteiger partial charge in [0.2, 0.25) is 11.1 Å². The summed E-state index contributed by atoms with van der Waals surface area (Å²) in [4.78, 5) is 22.4. The number of amides is 1. The molecule has 2 heterocycles. The van der Waals surface area contributed by atoms with Crippen molar-refractivity contribution in [2.75, 3.05) is 11.1 Å². The average molecular weight is 485 g/mol. The van der Waals surface area contributed by atoms with Crippen molar-refractivity contribution in [3.8, 4) is 11.3 Å². The lowest BCUT2D eigenvalue weighted by atomic mass is 10.1. The number of halogens is 1. The number of non-ortho nitro benzene ring substituents is 1. The zero-order valence-corrected chi connectivity index (χ0v) is 17.6. The minimum atomic E-state index is -0.493. The lowest BCUT2D eigenvalue weighted by Gasteiger charge is -2.05. The van der Waals surface area contributed by atoms with Crippen molar-refractivity contribution in [3.63, 3.8) is 0 Å². The van der Waals surface area contributed by atoms with Gasteiger partial charge in [-0.3, -0.25) is 14.9 Å².